The molecule has 2 heterocycles. The third-order valence-corrected chi connectivity index (χ3v) is 4.43. The highest BCUT2D eigenvalue weighted by Crippen LogP contribution is 2.38. The van der Waals surface area contributed by atoms with Gasteiger partial charge in [-0.25, -0.2) is 4.98 Å². The zero-order chi connectivity index (χ0) is 11.4. The van der Waals surface area contributed by atoms with Gasteiger partial charge in [-0.2, -0.15) is 0 Å². The first-order valence-corrected chi connectivity index (χ1v) is 6.88. The monoisotopic (exact) mass is 261 g/mol. The Bertz CT molecular complexity index is 331. The van der Waals surface area contributed by atoms with Crippen LogP contribution < -0.4 is 0 Å². The molecule has 0 aliphatic carbocycles. The van der Waals surface area contributed by atoms with E-state index in [1.54, 1.807) is 11.3 Å². The van der Waals surface area contributed by atoms with Crippen molar-refractivity contribution < 1.29 is 9.47 Å². The van der Waals surface area contributed by atoms with E-state index in [0.29, 0.717) is 12.5 Å². The predicted octanol–water partition coefficient (Wildman–Crippen LogP) is 2.92. The fraction of sp³-hybridized carbons (Fsp3) is 0.727. The van der Waals surface area contributed by atoms with Crippen LogP contribution in [0.2, 0.25) is 0 Å². The molecular formula is C11H16ClNO2S. The van der Waals surface area contributed by atoms with Gasteiger partial charge >= 0.3 is 0 Å². The first kappa shape index (κ1) is 12.3. The first-order valence-electron chi connectivity index (χ1n) is 5.53. The summed E-state index contributed by atoms with van der Waals surface area (Å²) in [5, 5.41) is 1.05. The summed E-state index contributed by atoms with van der Waals surface area (Å²) in [6.45, 7) is 4.22. The van der Waals surface area contributed by atoms with Crippen molar-refractivity contribution in [3.63, 3.8) is 0 Å². The van der Waals surface area contributed by atoms with Gasteiger partial charge in [0.1, 0.15) is 10.6 Å². The summed E-state index contributed by atoms with van der Waals surface area (Å²) in [5.74, 6) is 0.524. The number of alkyl halides is 1. The molecule has 3 nitrogen and oxygen atoms in total. The fourth-order valence-corrected chi connectivity index (χ4v) is 3.17. The standard InChI is InChI=1S/C11H16ClNO2S/c1-2-15-11(3-5-14-6-4-11)10-13-8-9(7-12)16-10/h8H,2-7H2,1H3. The Hall–Kier alpha value is -0.160. The SMILES string of the molecule is CCOC1(c2ncc(CCl)s2)CCOCC1. The van der Waals surface area contributed by atoms with Crippen molar-refractivity contribution in [3.05, 3.63) is 16.1 Å². The molecule has 1 aliphatic heterocycles. The number of halogens is 1. The number of hydrogen-bond acceptors (Lipinski definition) is 4. The zero-order valence-electron chi connectivity index (χ0n) is 9.37. The maximum atomic E-state index is 5.94. The van der Waals surface area contributed by atoms with Crippen LogP contribution in [0.3, 0.4) is 0 Å². The number of rotatable bonds is 4. The second kappa shape index (κ2) is 5.45. The van der Waals surface area contributed by atoms with Crippen molar-refractivity contribution in [1.29, 1.82) is 0 Å². The van der Waals surface area contributed by atoms with Crippen LogP contribution in [0.4, 0.5) is 0 Å². The predicted molar refractivity (Wildman–Crippen MR) is 65.0 cm³/mol. The van der Waals surface area contributed by atoms with Gasteiger partial charge in [0.15, 0.2) is 0 Å². The van der Waals surface area contributed by atoms with Gasteiger partial charge in [-0.3, -0.25) is 0 Å². The molecule has 0 bridgehead atoms. The molecule has 0 aromatic carbocycles. The minimum absolute atomic E-state index is 0.234. The van der Waals surface area contributed by atoms with Crippen LogP contribution in [0.25, 0.3) is 0 Å². The van der Waals surface area contributed by atoms with E-state index in [0.717, 1.165) is 35.9 Å². The Morgan fingerprint density at radius 1 is 1.56 bits per heavy atom. The van der Waals surface area contributed by atoms with Crippen molar-refractivity contribution in [1.82, 2.24) is 4.98 Å². The Kier molecular flexibility index (Phi) is 4.19. The summed E-state index contributed by atoms with van der Waals surface area (Å²) in [5.41, 5.74) is -0.234. The lowest BCUT2D eigenvalue weighted by molar-refractivity contribution is -0.112. The highest BCUT2D eigenvalue weighted by Gasteiger charge is 2.37. The van der Waals surface area contributed by atoms with Crippen LogP contribution in [-0.2, 0) is 21.0 Å². The lowest BCUT2D eigenvalue weighted by Crippen LogP contribution is -2.36. The number of thiazole rings is 1. The van der Waals surface area contributed by atoms with Crippen molar-refractivity contribution in [3.8, 4) is 0 Å². The number of hydrogen-bond donors (Lipinski definition) is 0. The van der Waals surface area contributed by atoms with Crippen molar-refractivity contribution >= 4 is 22.9 Å². The molecule has 1 saturated heterocycles. The van der Waals surface area contributed by atoms with Crippen LogP contribution in [0, 0.1) is 0 Å². The van der Waals surface area contributed by atoms with Gasteiger partial charge in [0.05, 0.1) is 5.88 Å². The van der Waals surface area contributed by atoms with Gasteiger partial charge in [-0.05, 0) is 6.92 Å². The van der Waals surface area contributed by atoms with Crippen LogP contribution >= 0.6 is 22.9 Å². The van der Waals surface area contributed by atoms with Crippen LogP contribution in [0.15, 0.2) is 6.20 Å². The van der Waals surface area contributed by atoms with E-state index < -0.39 is 0 Å². The summed E-state index contributed by atoms with van der Waals surface area (Å²) in [6.07, 6.45) is 3.62. The third-order valence-electron chi connectivity index (χ3n) is 2.80. The number of ether oxygens (including phenoxy) is 2. The van der Waals surface area contributed by atoms with E-state index in [2.05, 4.69) is 4.98 Å². The Balaban J connectivity index is 2.23. The molecule has 1 aromatic rings. The second-order valence-electron chi connectivity index (χ2n) is 3.81. The smallest absolute Gasteiger partial charge is 0.125 e. The van der Waals surface area contributed by atoms with Crippen molar-refractivity contribution in [2.24, 2.45) is 0 Å². The van der Waals surface area contributed by atoms with E-state index in [4.69, 9.17) is 21.1 Å². The van der Waals surface area contributed by atoms with Crippen LogP contribution in [-0.4, -0.2) is 24.8 Å². The average Bonchev–Trinajstić information content (AvgIpc) is 2.80. The van der Waals surface area contributed by atoms with E-state index in [1.807, 2.05) is 13.1 Å². The molecule has 0 atom stereocenters. The van der Waals surface area contributed by atoms with Gasteiger partial charge < -0.3 is 9.47 Å². The maximum Gasteiger partial charge on any atom is 0.125 e. The number of aromatic nitrogens is 1. The van der Waals surface area contributed by atoms with Crippen molar-refractivity contribution in [2.45, 2.75) is 31.2 Å². The van der Waals surface area contributed by atoms with Gasteiger partial charge in [-0.1, -0.05) is 0 Å². The fourth-order valence-electron chi connectivity index (χ4n) is 1.98. The Morgan fingerprint density at radius 3 is 2.88 bits per heavy atom. The van der Waals surface area contributed by atoms with Gasteiger partial charge in [0, 0.05) is 43.7 Å². The summed E-state index contributed by atoms with van der Waals surface area (Å²) in [4.78, 5) is 5.55. The van der Waals surface area contributed by atoms with E-state index in [-0.39, 0.29) is 5.60 Å². The zero-order valence-corrected chi connectivity index (χ0v) is 10.9. The molecule has 0 radical (unpaired) electrons. The van der Waals surface area contributed by atoms with Gasteiger partial charge in [0.25, 0.3) is 0 Å². The van der Waals surface area contributed by atoms with Gasteiger partial charge in [-0.15, -0.1) is 22.9 Å². The van der Waals surface area contributed by atoms with E-state index in [9.17, 15) is 0 Å². The quantitative estimate of drug-likeness (QED) is 0.781. The molecule has 1 aromatic heterocycles. The molecule has 0 N–H and O–H groups in total. The third kappa shape index (κ3) is 2.40. The maximum absolute atomic E-state index is 5.94. The molecule has 90 valence electrons. The minimum atomic E-state index is -0.234. The minimum Gasteiger partial charge on any atom is -0.381 e. The molecule has 0 unspecified atom stereocenters. The Morgan fingerprint density at radius 2 is 2.31 bits per heavy atom. The molecular weight excluding hydrogens is 246 g/mol. The summed E-state index contributed by atoms with van der Waals surface area (Å²) >= 11 is 7.46. The Labute approximate surface area is 105 Å². The highest BCUT2D eigenvalue weighted by atomic mass is 35.5. The lowest BCUT2D eigenvalue weighted by atomic mass is 9.95. The van der Waals surface area contributed by atoms with Crippen molar-refractivity contribution in [2.75, 3.05) is 19.8 Å². The normalized spacial score (nSPS) is 19.9. The molecule has 1 aliphatic rings. The first-order chi connectivity index (χ1) is 7.80. The topological polar surface area (TPSA) is 31.4 Å². The molecule has 16 heavy (non-hydrogen) atoms. The molecule has 0 spiro atoms. The summed E-state index contributed by atoms with van der Waals surface area (Å²) in [6, 6.07) is 0. The van der Waals surface area contributed by atoms with E-state index >= 15 is 0 Å². The second-order valence-corrected chi connectivity index (χ2v) is 5.19. The average molecular weight is 262 g/mol. The van der Waals surface area contributed by atoms with Crippen LogP contribution in [0.1, 0.15) is 29.7 Å². The van der Waals surface area contributed by atoms with Gasteiger partial charge in [0.2, 0.25) is 0 Å². The number of nitrogens with zero attached hydrogens (tertiary/aromatic N) is 1. The summed E-state index contributed by atoms with van der Waals surface area (Å²) in [7, 11) is 0. The molecule has 1 fully saturated rings. The summed E-state index contributed by atoms with van der Waals surface area (Å²) < 4.78 is 11.3. The largest absolute Gasteiger partial charge is 0.381 e. The molecule has 2 rings (SSSR count). The highest BCUT2D eigenvalue weighted by molar-refractivity contribution is 7.11. The lowest BCUT2D eigenvalue weighted by Gasteiger charge is -2.35. The van der Waals surface area contributed by atoms with Crippen LogP contribution in [0.5, 0.6) is 0 Å². The molecule has 0 amide bonds. The molecule has 5 heteroatoms. The molecule has 0 saturated carbocycles. The van der Waals surface area contributed by atoms with E-state index in [1.165, 1.54) is 0 Å².